The number of pyridine rings is 1. The third-order valence-corrected chi connectivity index (χ3v) is 4.06. The SMILES string of the molecule is CCCCN(c1ccc(C(CC)NCC)nc1)C1CC1. The molecular formula is C17H29N3. The molecule has 0 radical (unpaired) electrons. The van der Waals surface area contributed by atoms with E-state index < -0.39 is 0 Å². The number of hydrogen-bond acceptors (Lipinski definition) is 3. The summed E-state index contributed by atoms with van der Waals surface area (Å²) in [5, 5.41) is 3.49. The Kier molecular flexibility index (Phi) is 5.84. The molecule has 1 N–H and O–H groups in total. The average Bonchev–Trinajstić information content (AvgIpc) is 3.31. The highest BCUT2D eigenvalue weighted by atomic mass is 15.2. The average molecular weight is 275 g/mol. The number of hydrogen-bond donors (Lipinski definition) is 1. The first-order chi connectivity index (χ1) is 9.80. The Morgan fingerprint density at radius 3 is 2.60 bits per heavy atom. The van der Waals surface area contributed by atoms with Crippen molar-refractivity contribution in [2.24, 2.45) is 0 Å². The predicted molar refractivity (Wildman–Crippen MR) is 86.2 cm³/mol. The van der Waals surface area contributed by atoms with Gasteiger partial charge in [0, 0.05) is 18.6 Å². The molecule has 0 saturated heterocycles. The van der Waals surface area contributed by atoms with Gasteiger partial charge < -0.3 is 10.2 Å². The molecule has 0 spiro atoms. The lowest BCUT2D eigenvalue weighted by Gasteiger charge is -2.25. The van der Waals surface area contributed by atoms with Gasteiger partial charge in [0.15, 0.2) is 0 Å². The van der Waals surface area contributed by atoms with E-state index in [4.69, 9.17) is 4.98 Å². The smallest absolute Gasteiger partial charge is 0.0574 e. The van der Waals surface area contributed by atoms with Crippen LogP contribution in [-0.4, -0.2) is 24.1 Å². The Bertz CT molecular complexity index is 384. The van der Waals surface area contributed by atoms with Gasteiger partial charge in [-0.15, -0.1) is 0 Å². The Labute approximate surface area is 123 Å². The van der Waals surface area contributed by atoms with Crippen molar-refractivity contribution in [3.63, 3.8) is 0 Å². The summed E-state index contributed by atoms with van der Waals surface area (Å²) in [6.07, 6.45) is 8.38. The largest absolute Gasteiger partial charge is 0.367 e. The summed E-state index contributed by atoms with van der Waals surface area (Å²) in [4.78, 5) is 7.25. The lowest BCUT2D eigenvalue weighted by atomic mass is 10.1. The van der Waals surface area contributed by atoms with Crippen molar-refractivity contribution in [3.05, 3.63) is 24.0 Å². The predicted octanol–water partition coefficient (Wildman–Crippen LogP) is 3.91. The van der Waals surface area contributed by atoms with Crippen molar-refractivity contribution in [1.82, 2.24) is 10.3 Å². The van der Waals surface area contributed by atoms with Crippen LogP contribution in [0.5, 0.6) is 0 Å². The molecule has 1 aliphatic carbocycles. The van der Waals surface area contributed by atoms with Crippen LogP contribution in [0.2, 0.25) is 0 Å². The van der Waals surface area contributed by atoms with Gasteiger partial charge in [-0.2, -0.15) is 0 Å². The van der Waals surface area contributed by atoms with E-state index >= 15 is 0 Å². The molecule has 1 atom stereocenters. The zero-order valence-electron chi connectivity index (χ0n) is 13.2. The molecule has 0 aliphatic heterocycles. The number of aromatic nitrogens is 1. The molecule has 3 nitrogen and oxygen atoms in total. The fraction of sp³-hybridized carbons (Fsp3) is 0.706. The van der Waals surface area contributed by atoms with Crippen molar-refractivity contribution >= 4 is 5.69 Å². The Hall–Kier alpha value is -1.09. The van der Waals surface area contributed by atoms with Gasteiger partial charge in [0.1, 0.15) is 0 Å². The zero-order valence-corrected chi connectivity index (χ0v) is 13.2. The van der Waals surface area contributed by atoms with Crippen molar-refractivity contribution in [2.45, 2.75) is 65.0 Å². The monoisotopic (exact) mass is 275 g/mol. The molecule has 1 unspecified atom stereocenters. The highest BCUT2D eigenvalue weighted by Crippen LogP contribution is 2.32. The van der Waals surface area contributed by atoms with Crippen LogP contribution < -0.4 is 10.2 Å². The molecule has 1 aromatic rings. The van der Waals surface area contributed by atoms with E-state index in [1.807, 2.05) is 0 Å². The molecule has 0 aromatic carbocycles. The molecule has 1 heterocycles. The molecule has 3 heteroatoms. The normalized spacial score (nSPS) is 16.1. The highest BCUT2D eigenvalue weighted by Gasteiger charge is 2.29. The quantitative estimate of drug-likeness (QED) is 0.740. The summed E-state index contributed by atoms with van der Waals surface area (Å²) >= 11 is 0. The van der Waals surface area contributed by atoms with Gasteiger partial charge in [0.05, 0.1) is 17.6 Å². The minimum absolute atomic E-state index is 0.388. The molecule has 0 bridgehead atoms. The second kappa shape index (κ2) is 7.63. The summed E-state index contributed by atoms with van der Waals surface area (Å²) in [5.74, 6) is 0. The van der Waals surface area contributed by atoms with Gasteiger partial charge >= 0.3 is 0 Å². The summed E-state index contributed by atoms with van der Waals surface area (Å²) < 4.78 is 0. The van der Waals surface area contributed by atoms with Crippen molar-refractivity contribution in [2.75, 3.05) is 18.0 Å². The van der Waals surface area contributed by atoms with Crippen LogP contribution in [0, 0.1) is 0 Å². The summed E-state index contributed by atoms with van der Waals surface area (Å²) in [5.41, 5.74) is 2.47. The Morgan fingerprint density at radius 2 is 2.10 bits per heavy atom. The first-order valence-corrected chi connectivity index (χ1v) is 8.26. The number of nitrogens with zero attached hydrogens (tertiary/aromatic N) is 2. The summed E-state index contributed by atoms with van der Waals surface area (Å²) in [7, 11) is 0. The minimum atomic E-state index is 0.388. The third-order valence-electron chi connectivity index (χ3n) is 4.06. The molecule has 1 aromatic heterocycles. The van der Waals surface area contributed by atoms with Crippen LogP contribution in [-0.2, 0) is 0 Å². The maximum absolute atomic E-state index is 4.70. The summed E-state index contributed by atoms with van der Waals surface area (Å²) in [6.45, 7) is 8.78. The van der Waals surface area contributed by atoms with E-state index in [0.717, 1.165) is 19.0 Å². The first kappa shape index (κ1) is 15.3. The van der Waals surface area contributed by atoms with Crippen molar-refractivity contribution in [3.8, 4) is 0 Å². The van der Waals surface area contributed by atoms with Crippen LogP contribution in [0.1, 0.15) is 64.6 Å². The van der Waals surface area contributed by atoms with Crippen LogP contribution in [0.3, 0.4) is 0 Å². The van der Waals surface area contributed by atoms with Gasteiger partial charge in [-0.3, -0.25) is 4.98 Å². The van der Waals surface area contributed by atoms with Gasteiger partial charge in [-0.25, -0.2) is 0 Å². The number of nitrogens with one attached hydrogen (secondary N) is 1. The fourth-order valence-electron chi connectivity index (χ4n) is 2.72. The molecule has 20 heavy (non-hydrogen) atoms. The lowest BCUT2D eigenvalue weighted by molar-refractivity contribution is 0.524. The molecule has 1 saturated carbocycles. The third kappa shape index (κ3) is 3.95. The van der Waals surface area contributed by atoms with Crippen LogP contribution >= 0.6 is 0 Å². The number of unbranched alkanes of at least 4 members (excludes halogenated alkanes) is 1. The molecule has 2 rings (SSSR count). The van der Waals surface area contributed by atoms with Crippen LogP contribution in [0.25, 0.3) is 0 Å². The van der Waals surface area contributed by atoms with Crippen LogP contribution in [0.15, 0.2) is 18.3 Å². The molecular weight excluding hydrogens is 246 g/mol. The van der Waals surface area contributed by atoms with Crippen molar-refractivity contribution in [1.29, 1.82) is 0 Å². The topological polar surface area (TPSA) is 28.2 Å². The van der Waals surface area contributed by atoms with Crippen LogP contribution in [0.4, 0.5) is 5.69 Å². The van der Waals surface area contributed by atoms with Gasteiger partial charge in [0.25, 0.3) is 0 Å². The van der Waals surface area contributed by atoms with E-state index in [-0.39, 0.29) is 0 Å². The van der Waals surface area contributed by atoms with Gasteiger partial charge in [-0.05, 0) is 44.4 Å². The minimum Gasteiger partial charge on any atom is -0.367 e. The molecule has 112 valence electrons. The van der Waals surface area contributed by atoms with Gasteiger partial charge in [0.2, 0.25) is 0 Å². The van der Waals surface area contributed by atoms with E-state index in [1.54, 1.807) is 0 Å². The Balaban J connectivity index is 2.05. The van der Waals surface area contributed by atoms with E-state index in [9.17, 15) is 0 Å². The lowest BCUT2D eigenvalue weighted by Crippen LogP contribution is -2.27. The Morgan fingerprint density at radius 1 is 1.30 bits per heavy atom. The van der Waals surface area contributed by atoms with E-state index in [2.05, 4.69) is 49.3 Å². The number of anilines is 1. The highest BCUT2D eigenvalue weighted by molar-refractivity contribution is 5.47. The second-order valence-electron chi connectivity index (χ2n) is 5.74. The number of rotatable bonds is 9. The van der Waals surface area contributed by atoms with Crippen molar-refractivity contribution < 1.29 is 0 Å². The van der Waals surface area contributed by atoms with E-state index in [1.165, 1.54) is 43.6 Å². The fourth-order valence-corrected chi connectivity index (χ4v) is 2.72. The molecule has 1 fully saturated rings. The zero-order chi connectivity index (χ0) is 14.4. The maximum Gasteiger partial charge on any atom is 0.0574 e. The molecule has 0 amide bonds. The first-order valence-electron chi connectivity index (χ1n) is 8.26. The standard InChI is InChI=1S/C17H29N3/c1-4-7-12-20(14-8-9-14)15-10-11-17(19-13-15)16(5-2)18-6-3/h10-11,13-14,16,18H,4-9,12H2,1-3H3. The molecule has 1 aliphatic rings. The summed E-state index contributed by atoms with van der Waals surface area (Å²) in [6, 6.07) is 5.62. The van der Waals surface area contributed by atoms with E-state index in [0.29, 0.717) is 6.04 Å². The maximum atomic E-state index is 4.70. The second-order valence-corrected chi connectivity index (χ2v) is 5.74. The van der Waals surface area contributed by atoms with Gasteiger partial charge in [-0.1, -0.05) is 27.2 Å².